The first-order chi connectivity index (χ1) is 62.1. The van der Waals surface area contributed by atoms with Crippen molar-refractivity contribution >= 4 is 140 Å². The van der Waals surface area contributed by atoms with E-state index in [-0.39, 0.29) is 175 Å². The molecule has 12 heterocycles. The number of likely N-dealkylation sites (N-methyl/N-ethyl adjacent to an activating group) is 3. The Morgan fingerprint density at radius 1 is 0.451 bits per heavy atom. The second-order valence-electron chi connectivity index (χ2n) is 33.6. The zero-order valence-electron chi connectivity index (χ0n) is 75.1. The molecule has 3 amide bonds. The van der Waals surface area contributed by atoms with Crippen LogP contribution in [0.4, 0.5) is 60.9 Å². The number of amides is 3. The zero-order chi connectivity index (χ0) is 91.5. The van der Waals surface area contributed by atoms with Crippen molar-refractivity contribution in [2.45, 2.75) is 126 Å². The molecule has 41 heteroatoms. The van der Waals surface area contributed by atoms with Crippen molar-refractivity contribution in [3.63, 3.8) is 0 Å². The van der Waals surface area contributed by atoms with E-state index in [9.17, 15) is 40.7 Å². The van der Waals surface area contributed by atoms with Crippen molar-refractivity contribution in [3.8, 4) is 23.8 Å². The second-order valence-corrected chi connectivity index (χ2v) is 34.4. The van der Waals surface area contributed by atoms with Crippen molar-refractivity contribution in [2.24, 2.45) is 0 Å². The quantitative estimate of drug-likeness (QED) is 0.0329. The van der Waals surface area contributed by atoms with Gasteiger partial charge in [-0.1, -0.05) is 79.3 Å². The number of anilines is 6. The van der Waals surface area contributed by atoms with Crippen molar-refractivity contribution in [3.05, 3.63) is 200 Å². The van der Waals surface area contributed by atoms with Gasteiger partial charge in [0.1, 0.15) is 66.7 Å². The van der Waals surface area contributed by atoms with Crippen LogP contribution >= 0.6 is 77.2 Å². The van der Waals surface area contributed by atoms with Crippen molar-refractivity contribution in [1.82, 2.24) is 59.3 Å². The molecule has 9 aliphatic heterocycles. The van der Waals surface area contributed by atoms with Gasteiger partial charge in [0.2, 0.25) is 37.4 Å². The van der Waals surface area contributed by atoms with Gasteiger partial charge in [-0.25, -0.2) is 19.7 Å². The molecule has 0 saturated carbocycles. The van der Waals surface area contributed by atoms with Gasteiger partial charge in [-0.3, -0.25) is 19.3 Å². The van der Waals surface area contributed by atoms with E-state index in [0.29, 0.717) is 146 Å². The number of nitrogens with zero attached hydrogens (tertiary/aromatic N) is 21. The maximum absolute atomic E-state index is 14.2. The summed E-state index contributed by atoms with van der Waals surface area (Å²) in [5.41, 5.74) is 4.26. The standard InChI is InChI=1S/C32H36ClN7O2.C30H35ClF3N7O3.C30H36F3N7O3.4H2S/c1-4-29(41)40-17-16-39(19-24(40)18-34-2)31-25-13-15-38(28-12-6-9-22-8-5-11-26(33)30(22)28)20-27(25)35-32(36-31)42-21-23-10-7-14-37(23)3;1-5-26(42)41-12-11-40(15-20(41)14-35-2)28-22-9-10-39(25-8-6-7-23(31)27(25)30(32,33)34)17-24(22)36-29(37-28)44-18-19-13-21(43-4)16-38(19)3;1-5-26(41)40-15-14-39(17-21(40)16-34-2)28-22-11-13-38(24-9-6-10-25(42-4)27(24)30(31,32)33)18-23(22)35-29(36-28)43-19-20-8-7-12-37(20)3;;;;/h4-6,8-9,11-12,23-24H,1,7,10,13-21H2,3H3;5-8,19-21H,1,9-18H2,3-4H3;5-6,9-10,20-21H,1,7-8,11-19H2,3-4H3;4*1H2/t23-,24-;19-,20-,21+;20-,21-;;;;/m000..../s1. The van der Waals surface area contributed by atoms with Crippen LogP contribution in [0.5, 0.6) is 23.8 Å². The molecule has 9 aliphatic rings. The van der Waals surface area contributed by atoms with Crippen LogP contribution in [0.15, 0.2) is 111 Å². The largest absolute Gasteiger partial charge is 0.496 e. The van der Waals surface area contributed by atoms with Gasteiger partial charge in [0.25, 0.3) is 0 Å². The molecule has 6 fully saturated rings. The summed E-state index contributed by atoms with van der Waals surface area (Å²) in [6.07, 6.45) is 1.36. The molecule has 7 atom stereocenters. The van der Waals surface area contributed by atoms with Gasteiger partial charge in [0.05, 0.1) is 76.9 Å². The topological polar surface area (TPSA) is 227 Å². The summed E-state index contributed by atoms with van der Waals surface area (Å²) in [7, 11) is 9.09. The van der Waals surface area contributed by atoms with Gasteiger partial charge in [-0.05, 0) is 146 Å². The summed E-state index contributed by atoms with van der Waals surface area (Å²) in [5.74, 6) is 1.27. The van der Waals surface area contributed by atoms with E-state index in [1.807, 2.05) is 36.0 Å². The number of hydrogen-bond acceptors (Lipinski definition) is 23. The Balaban J connectivity index is 0.000000204. The number of rotatable bonds is 23. The molecule has 716 valence electrons. The lowest BCUT2D eigenvalue weighted by molar-refractivity contribution is -0.138. The van der Waals surface area contributed by atoms with Crippen LogP contribution < -0.4 is 48.3 Å². The lowest BCUT2D eigenvalue weighted by Gasteiger charge is -2.41. The number of halogens is 8. The third-order valence-electron chi connectivity index (χ3n) is 25.9. The summed E-state index contributed by atoms with van der Waals surface area (Å²) in [5, 5.41) is 2.53. The van der Waals surface area contributed by atoms with E-state index in [4.69, 9.17) is 96.5 Å². The molecule has 4 aromatic carbocycles. The van der Waals surface area contributed by atoms with E-state index in [1.54, 1.807) is 37.7 Å². The van der Waals surface area contributed by atoms with Crippen LogP contribution in [0.3, 0.4) is 0 Å². The van der Waals surface area contributed by atoms with Crippen molar-refractivity contribution in [2.75, 3.05) is 202 Å². The van der Waals surface area contributed by atoms with Crippen LogP contribution in [-0.4, -0.2) is 292 Å². The Morgan fingerprint density at radius 3 is 1.19 bits per heavy atom. The minimum Gasteiger partial charge on any atom is -0.496 e. The average Bonchev–Trinajstić information content (AvgIpc) is 1.60. The number of alkyl halides is 6. The number of ether oxygens (including phenoxy) is 5. The number of benzene rings is 4. The number of likely N-dealkylation sites (tertiary alicyclic amines) is 3. The molecule has 29 nitrogen and oxygen atoms in total. The number of fused-ring (bicyclic) bond motifs is 4. The monoisotopic (exact) mass is 1950 g/mol. The van der Waals surface area contributed by atoms with Crippen LogP contribution in [0, 0.1) is 19.7 Å². The number of piperazine rings is 3. The van der Waals surface area contributed by atoms with E-state index in [0.717, 1.165) is 108 Å². The normalized spacial score (nSPS) is 20.8. The first-order valence-electron chi connectivity index (χ1n) is 43.4. The Bertz CT molecular complexity index is 5430. The Morgan fingerprint density at radius 2 is 0.820 bits per heavy atom. The summed E-state index contributed by atoms with van der Waals surface area (Å²) in [4.78, 5) is 101. The van der Waals surface area contributed by atoms with Crippen molar-refractivity contribution < 1.29 is 64.4 Å². The highest BCUT2D eigenvalue weighted by Gasteiger charge is 2.45. The molecule has 0 unspecified atom stereocenters. The molecular formula is C92H115Cl2F6N21O8S4. The Hall–Kier alpha value is -10.1. The summed E-state index contributed by atoms with van der Waals surface area (Å²) < 4.78 is 114. The van der Waals surface area contributed by atoms with E-state index >= 15 is 0 Å². The molecule has 6 saturated heterocycles. The first-order valence-corrected chi connectivity index (χ1v) is 44.2. The van der Waals surface area contributed by atoms with Gasteiger partial charge in [-0.2, -0.15) is 110 Å². The maximum Gasteiger partial charge on any atom is 0.421 e. The van der Waals surface area contributed by atoms with Gasteiger partial charge in [0.15, 0.2) is 0 Å². The van der Waals surface area contributed by atoms with Crippen molar-refractivity contribution in [1.29, 1.82) is 0 Å². The number of methoxy groups -OCH3 is 2. The number of aromatic nitrogens is 6. The zero-order valence-corrected chi connectivity index (χ0v) is 80.6. The molecule has 0 spiro atoms. The van der Waals surface area contributed by atoms with E-state index < -0.39 is 23.5 Å². The molecule has 7 aromatic rings. The Kier molecular flexibility index (Phi) is 37.0. The second kappa shape index (κ2) is 46.9. The summed E-state index contributed by atoms with van der Waals surface area (Å²) in [6, 6.07) is 21.2. The number of carbonyl (C=O) groups excluding carboxylic acids is 3. The lowest BCUT2D eigenvalue weighted by atomic mass is 10.0. The fraction of sp³-hybridized carbons (Fsp3) is 0.500. The fourth-order valence-electron chi connectivity index (χ4n) is 19.0. The summed E-state index contributed by atoms with van der Waals surface area (Å²) >= 11 is 12.7. The number of carbonyl (C=O) groups is 3. The fourth-order valence-corrected chi connectivity index (χ4v) is 19.6. The third-order valence-corrected chi connectivity index (χ3v) is 26.5. The number of hydrogen-bond donors (Lipinski definition) is 0. The molecule has 3 aromatic heterocycles. The average molecular weight is 1960 g/mol. The highest BCUT2D eigenvalue weighted by Crippen LogP contribution is 2.47. The first kappa shape index (κ1) is 105. The molecule has 0 radical (unpaired) electrons. The summed E-state index contributed by atoms with van der Waals surface area (Å²) in [6.45, 7) is 44.1. The minimum atomic E-state index is -4.63. The van der Waals surface area contributed by atoms with Crippen LogP contribution in [0.1, 0.15) is 77.0 Å². The maximum atomic E-state index is 14.2. The SMILES string of the molecule is S.S.S.S.[C-]#[N+]C[C@H]1CN(c2nc(OC[C@@H]3CCCN3C)nc3c2CCN(c2cccc(OC)c2C(F)(F)F)C3)CCN1C(=O)C=C.[C-]#[N+]C[C@H]1CN(c2nc(OC[C@@H]3CCCN3C)nc3c2CCN(c2cccc4cccc(Cl)c24)C3)CCN1C(=O)C=C.[C-]#[N+]C[C@H]1CN(c2nc(OC[C@@H]3C[C@@H](OC)CN3C)nc3c2CCN(c2cccc(Cl)c2C(F)(F)F)C3)CCN1C(=O)C=C. The smallest absolute Gasteiger partial charge is 0.421 e. The molecule has 0 aliphatic carbocycles. The van der Waals surface area contributed by atoms with Gasteiger partial charge in [0, 0.05) is 138 Å². The van der Waals surface area contributed by atoms with Gasteiger partial charge < -0.3 is 92.1 Å². The highest BCUT2D eigenvalue weighted by molar-refractivity contribution is 7.59. The third kappa shape index (κ3) is 24.0. The molecule has 16 rings (SSSR count). The van der Waals surface area contributed by atoms with E-state index in [1.165, 1.54) is 62.1 Å². The highest BCUT2D eigenvalue weighted by atomic mass is 35.5. The van der Waals surface area contributed by atoms with Gasteiger partial charge in [-0.15, -0.1) is 0 Å². The Labute approximate surface area is 810 Å². The minimum absolute atomic E-state index is 0. The molecule has 0 N–H and O–H groups in total. The van der Waals surface area contributed by atoms with Crippen LogP contribution in [0.2, 0.25) is 10.0 Å². The molecule has 133 heavy (non-hydrogen) atoms. The van der Waals surface area contributed by atoms with E-state index in [2.05, 4.69) is 90.1 Å². The molecular weight excluding hydrogens is 1840 g/mol. The van der Waals surface area contributed by atoms with Crippen LogP contribution in [-0.2, 0) is 70.4 Å². The van der Waals surface area contributed by atoms with Gasteiger partial charge >= 0.3 is 30.4 Å². The predicted molar refractivity (Wildman–Crippen MR) is 523 cm³/mol. The van der Waals surface area contributed by atoms with Crippen LogP contribution in [0.25, 0.3) is 25.3 Å². The molecule has 0 bridgehead atoms. The lowest BCUT2D eigenvalue weighted by Crippen LogP contribution is -2.56. The predicted octanol–water partition coefficient (Wildman–Crippen LogP) is 12.5.